The maximum atomic E-state index is 11.7. The van der Waals surface area contributed by atoms with Crippen LogP contribution in [-0.2, 0) is 16.3 Å². The highest BCUT2D eigenvalue weighted by atomic mass is 32.2. The second-order valence-corrected chi connectivity index (χ2v) is 7.32. The Balaban J connectivity index is 2.31. The van der Waals surface area contributed by atoms with Crippen molar-refractivity contribution in [3.8, 4) is 0 Å². The predicted octanol–water partition coefficient (Wildman–Crippen LogP) is 1.10. The third-order valence-electron chi connectivity index (χ3n) is 3.51. The number of rotatable bonds is 4. The Morgan fingerprint density at radius 1 is 1.30 bits per heavy atom. The molecule has 0 unspecified atom stereocenters. The van der Waals surface area contributed by atoms with Crippen molar-refractivity contribution >= 4 is 21.5 Å². The van der Waals surface area contributed by atoms with Gasteiger partial charge in [-0.15, -0.1) is 0 Å². The largest absolute Gasteiger partial charge is 0.373 e. The summed E-state index contributed by atoms with van der Waals surface area (Å²) in [6.45, 7) is 3.36. The fraction of sp³-hybridized carbons (Fsp3) is 0.692. The van der Waals surface area contributed by atoms with Crippen LogP contribution in [0.4, 0.5) is 11.6 Å². The first-order valence-corrected chi connectivity index (χ1v) is 8.86. The molecule has 0 aliphatic carbocycles. The number of hydrogen-bond donors (Lipinski definition) is 1. The molecule has 0 amide bonds. The van der Waals surface area contributed by atoms with Crippen molar-refractivity contribution in [1.29, 1.82) is 0 Å². The minimum Gasteiger partial charge on any atom is -0.373 e. The lowest BCUT2D eigenvalue weighted by Gasteiger charge is -2.24. The van der Waals surface area contributed by atoms with Gasteiger partial charge in [0.05, 0.1) is 11.5 Å². The standard InChI is InChI=1S/C13H22N4O2S/c1-3-5-11-12(14-2)15-10-16-13(11)17-6-4-8-20(18,19)9-7-17/h10H,3-9H2,1-2H3,(H,14,15,16). The maximum absolute atomic E-state index is 11.7. The number of nitrogens with one attached hydrogen (secondary N) is 1. The summed E-state index contributed by atoms with van der Waals surface area (Å²) in [6.07, 6.45) is 4.09. The maximum Gasteiger partial charge on any atom is 0.152 e. The zero-order chi connectivity index (χ0) is 14.6. The normalized spacial score (nSPS) is 18.6. The summed E-state index contributed by atoms with van der Waals surface area (Å²) in [7, 11) is -1.06. The Bertz CT molecular complexity index is 559. The minimum absolute atomic E-state index is 0.206. The quantitative estimate of drug-likeness (QED) is 0.897. The van der Waals surface area contributed by atoms with E-state index in [1.807, 2.05) is 7.05 Å². The van der Waals surface area contributed by atoms with Crippen molar-refractivity contribution in [2.24, 2.45) is 0 Å². The first kappa shape index (κ1) is 15.0. The molecule has 2 heterocycles. The molecule has 0 saturated carbocycles. The lowest BCUT2D eigenvalue weighted by atomic mass is 10.1. The van der Waals surface area contributed by atoms with Crippen molar-refractivity contribution in [3.05, 3.63) is 11.9 Å². The van der Waals surface area contributed by atoms with Crippen LogP contribution >= 0.6 is 0 Å². The molecule has 1 aromatic rings. The molecule has 1 fully saturated rings. The van der Waals surface area contributed by atoms with Crippen LogP contribution in [0.15, 0.2) is 6.33 Å². The highest BCUT2D eigenvalue weighted by Gasteiger charge is 2.22. The zero-order valence-electron chi connectivity index (χ0n) is 12.1. The highest BCUT2D eigenvalue weighted by Crippen LogP contribution is 2.25. The number of hydrogen-bond acceptors (Lipinski definition) is 6. The molecule has 2 rings (SSSR count). The van der Waals surface area contributed by atoms with Crippen LogP contribution in [0.3, 0.4) is 0 Å². The highest BCUT2D eigenvalue weighted by molar-refractivity contribution is 7.91. The van der Waals surface area contributed by atoms with Crippen LogP contribution in [0.2, 0.25) is 0 Å². The van der Waals surface area contributed by atoms with Gasteiger partial charge in [-0.3, -0.25) is 0 Å². The second-order valence-electron chi connectivity index (χ2n) is 5.02. The van der Waals surface area contributed by atoms with Gasteiger partial charge in [0.1, 0.15) is 18.0 Å². The van der Waals surface area contributed by atoms with Crippen LogP contribution in [0.5, 0.6) is 0 Å². The topological polar surface area (TPSA) is 75.2 Å². The van der Waals surface area contributed by atoms with Crippen LogP contribution in [0, 0.1) is 0 Å². The molecule has 1 N–H and O–H groups in total. The fourth-order valence-corrected chi connectivity index (χ4v) is 3.79. The van der Waals surface area contributed by atoms with E-state index in [0.29, 0.717) is 13.0 Å². The van der Waals surface area contributed by atoms with Gasteiger partial charge >= 0.3 is 0 Å². The van der Waals surface area contributed by atoms with Crippen molar-refractivity contribution in [2.75, 3.05) is 41.9 Å². The third kappa shape index (κ3) is 3.39. The number of sulfone groups is 1. The molecule has 1 aromatic heterocycles. The van der Waals surface area contributed by atoms with Gasteiger partial charge in [-0.25, -0.2) is 18.4 Å². The van der Waals surface area contributed by atoms with Crippen molar-refractivity contribution in [2.45, 2.75) is 26.2 Å². The Morgan fingerprint density at radius 3 is 2.80 bits per heavy atom. The van der Waals surface area contributed by atoms with Crippen LogP contribution in [-0.4, -0.2) is 50.0 Å². The van der Waals surface area contributed by atoms with Gasteiger partial charge in [0.15, 0.2) is 9.84 Å². The van der Waals surface area contributed by atoms with E-state index in [0.717, 1.165) is 36.6 Å². The van der Waals surface area contributed by atoms with Gasteiger partial charge in [-0.05, 0) is 12.8 Å². The summed E-state index contributed by atoms with van der Waals surface area (Å²) in [5.74, 6) is 2.20. The van der Waals surface area contributed by atoms with Crippen LogP contribution < -0.4 is 10.2 Å². The van der Waals surface area contributed by atoms with Crippen molar-refractivity contribution in [3.63, 3.8) is 0 Å². The molecule has 1 aliphatic heterocycles. The molecule has 0 radical (unpaired) electrons. The lowest BCUT2D eigenvalue weighted by molar-refractivity contribution is 0.597. The molecule has 0 bridgehead atoms. The van der Waals surface area contributed by atoms with E-state index in [1.165, 1.54) is 0 Å². The Morgan fingerprint density at radius 2 is 2.10 bits per heavy atom. The molecular weight excluding hydrogens is 276 g/mol. The third-order valence-corrected chi connectivity index (χ3v) is 5.23. The van der Waals surface area contributed by atoms with Crippen LogP contribution in [0.1, 0.15) is 25.3 Å². The molecular formula is C13H22N4O2S. The van der Waals surface area contributed by atoms with Crippen LogP contribution in [0.25, 0.3) is 0 Å². The Kier molecular flexibility index (Phi) is 4.80. The molecule has 6 nitrogen and oxygen atoms in total. The average Bonchev–Trinajstić information content (AvgIpc) is 2.60. The zero-order valence-corrected chi connectivity index (χ0v) is 12.9. The SMILES string of the molecule is CCCc1c(NC)ncnc1N1CCCS(=O)(=O)CC1. The summed E-state index contributed by atoms with van der Waals surface area (Å²) in [4.78, 5) is 10.7. The molecule has 1 saturated heterocycles. The summed E-state index contributed by atoms with van der Waals surface area (Å²) in [5, 5.41) is 3.10. The second kappa shape index (κ2) is 6.39. The molecule has 112 valence electrons. The van der Waals surface area contributed by atoms with E-state index in [9.17, 15) is 8.42 Å². The summed E-state index contributed by atoms with van der Waals surface area (Å²) < 4.78 is 23.4. The smallest absolute Gasteiger partial charge is 0.152 e. The molecule has 0 aromatic carbocycles. The number of nitrogens with zero attached hydrogens (tertiary/aromatic N) is 3. The van der Waals surface area contributed by atoms with Gasteiger partial charge in [-0.1, -0.05) is 13.3 Å². The molecule has 0 spiro atoms. The van der Waals surface area contributed by atoms with E-state index in [4.69, 9.17) is 0 Å². The first-order valence-electron chi connectivity index (χ1n) is 7.04. The van der Waals surface area contributed by atoms with Gasteiger partial charge in [0.25, 0.3) is 0 Å². The average molecular weight is 298 g/mol. The fourth-order valence-electron chi connectivity index (χ4n) is 2.52. The van der Waals surface area contributed by atoms with Crippen molar-refractivity contribution in [1.82, 2.24) is 9.97 Å². The molecule has 0 atom stereocenters. The van der Waals surface area contributed by atoms with E-state index in [1.54, 1.807) is 6.33 Å². The lowest BCUT2D eigenvalue weighted by Crippen LogP contribution is -2.29. The summed E-state index contributed by atoms with van der Waals surface area (Å²) >= 11 is 0. The number of aromatic nitrogens is 2. The Labute approximate surface area is 120 Å². The molecule has 1 aliphatic rings. The summed E-state index contributed by atoms with van der Waals surface area (Å²) in [5.41, 5.74) is 1.08. The van der Waals surface area contributed by atoms with Gasteiger partial charge in [0, 0.05) is 25.7 Å². The Hall–Kier alpha value is -1.37. The van der Waals surface area contributed by atoms with Gasteiger partial charge in [-0.2, -0.15) is 0 Å². The van der Waals surface area contributed by atoms with E-state index in [-0.39, 0.29) is 11.5 Å². The molecule has 7 heteroatoms. The summed E-state index contributed by atoms with van der Waals surface area (Å²) in [6, 6.07) is 0. The number of anilines is 2. The predicted molar refractivity (Wildman–Crippen MR) is 81.1 cm³/mol. The molecule has 20 heavy (non-hydrogen) atoms. The van der Waals surface area contributed by atoms with E-state index >= 15 is 0 Å². The van der Waals surface area contributed by atoms with E-state index < -0.39 is 9.84 Å². The van der Waals surface area contributed by atoms with Gasteiger partial charge < -0.3 is 10.2 Å². The van der Waals surface area contributed by atoms with E-state index in [2.05, 4.69) is 27.1 Å². The van der Waals surface area contributed by atoms with Crippen molar-refractivity contribution < 1.29 is 8.42 Å². The minimum atomic E-state index is -2.90. The monoisotopic (exact) mass is 298 g/mol. The van der Waals surface area contributed by atoms with Gasteiger partial charge in [0.2, 0.25) is 0 Å². The first-order chi connectivity index (χ1) is 9.57.